The van der Waals surface area contributed by atoms with Crippen molar-refractivity contribution in [1.82, 2.24) is 15.3 Å². The maximum Gasteiger partial charge on any atom is 0.252 e. The number of carbonyl (C=O) groups is 1. The van der Waals surface area contributed by atoms with Gasteiger partial charge in [-0.25, -0.2) is 4.98 Å². The summed E-state index contributed by atoms with van der Waals surface area (Å²) in [6.45, 7) is 3.54. The molecule has 22 heavy (non-hydrogen) atoms. The molecule has 2 aromatic heterocycles. The predicted molar refractivity (Wildman–Crippen MR) is 87.7 cm³/mol. The van der Waals surface area contributed by atoms with Gasteiger partial charge in [-0.1, -0.05) is 19.8 Å². The number of rotatable bonds is 8. The normalized spacial score (nSPS) is 10.2. The van der Waals surface area contributed by atoms with E-state index in [4.69, 9.17) is 0 Å². The number of unbranched alkanes of at least 4 members (excludes halogenated alkanes) is 2. The Kier molecular flexibility index (Phi) is 6.36. The number of nitrogens with one attached hydrogen (secondary N) is 2. The summed E-state index contributed by atoms with van der Waals surface area (Å²) < 4.78 is 0. The minimum Gasteiger partial charge on any atom is -0.366 e. The van der Waals surface area contributed by atoms with Crippen LogP contribution in [0.15, 0.2) is 42.9 Å². The Morgan fingerprint density at radius 3 is 2.64 bits per heavy atom. The van der Waals surface area contributed by atoms with E-state index in [2.05, 4.69) is 27.5 Å². The van der Waals surface area contributed by atoms with Crippen LogP contribution in [0.2, 0.25) is 0 Å². The zero-order chi connectivity index (χ0) is 15.6. The molecule has 0 aromatic carbocycles. The third-order valence-electron chi connectivity index (χ3n) is 3.31. The van der Waals surface area contributed by atoms with Crippen LogP contribution in [0, 0.1) is 0 Å². The van der Waals surface area contributed by atoms with Gasteiger partial charge in [-0.15, -0.1) is 0 Å². The number of pyridine rings is 2. The molecule has 116 valence electrons. The van der Waals surface area contributed by atoms with Gasteiger partial charge in [-0.05, 0) is 36.2 Å². The summed E-state index contributed by atoms with van der Waals surface area (Å²) in [5.41, 5.74) is 1.72. The highest BCUT2D eigenvalue weighted by atomic mass is 16.1. The van der Waals surface area contributed by atoms with Crippen LogP contribution in [0.25, 0.3) is 0 Å². The summed E-state index contributed by atoms with van der Waals surface area (Å²) in [5.74, 6) is 0.684. The first-order chi connectivity index (χ1) is 10.8. The van der Waals surface area contributed by atoms with Crippen LogP contribution in [0.1, 0.15) is 42.1 Å². The van der Waals surface area contributed by atoms with Crippen molar-refractivity contribution in [2.24, 2.45) is 0 Å². The van der Waals surface area contributed by atoms with Crippen molar-refractivity contribution >= 4 is 11.7 Å². The second kappa shape index (κ2) is 8.77. The molecule has 0 saturated heterocycles. The highest BCUT2D eigenvalue weighted by Crippen LogP contribution is 2.07. The van der Waals surface area contributed by atoms with Crippen LogP contribution >= 0.6 is 0 Å². The Hall–Kier alpha value is -2.43. The molecule has 2 N–H and O–H groups in total. The lowest BCUT2D eigenvalue weighted by Gasteiger charge is -2.07. The fraction of sp³-hybridized carbons (Fsp3) is 0.353. The summed E-state index contributed by atoms with van der Waals surface area (Å²) in [6, 6.07) is 7.51. The van der Waals surface area contributed by atoms with Crippen LogP contribution in [0.4, 0.5) is 5.82 Å². The van der Waals surface area contributed by atoms with Crippen LogP contribution in [0.5, 0.6) is 0 Å². The van der Waals surface area contributed by atoms with E-state index in [1.807, 2.05) is 18.2 Å². The summed E-state index contributed by atoms with van der Waals surface area (Å²) >= 11 is 0. The van der Waals surface area contributed by atoms with Crippen molar-refractivity contribution in [3.63, 3.8) is 0 Å². The first-order valence-electron chi connectivity index (χ1n) is 7.66. The first kappa shape index (κ1) is 15.9. The molecule has 0 fully saturated rings. The van der Waals surface area contributed by atoms with Gasteiger partial charge in [-0.3, -0.25) is 9.78 Å². The van der Waals surface area contributed by atoms with Crippen LogP contribution in [0.3, 0.4) is 0 Å². The topological polar surface area (TPSA) is 66.9 Å². The standard InChI is InChI=1S/C17H22N4O/c1-2-3-4-9-19-17(22)15-5-6-16(21-13-15)20-12-14-7-10-18-11-8-14/h5-8,10-11,13H,2-4,9,12H2,1H3,(H,19,22)(H,20,21). The summed E-state index contributed by atoms with van der Waals surface area (Å²) in [7, 11) is 0. The van der Waals surface area contributed by atoms with E-state index in [1.165, 1.54) is 0 Å². The van der Waals surface area contributed by atoms with E-state index in [1.54, 1.807) is 24.7 Å². The smallest absolute Gasteiger partial charge is 0.252 e. The molecule has 0 atom stereocenters. The van der Waals surface area contributed by atoms with Crippen molar-refractivity contribution in [3.05, 3.63) is 54.0 Å². The Labute approximate surface area is 131 Å². The zero-order valence-electron chi connectivity index (χ0n) is 12.9. The lowest BCUT2D eigenvalue weighted by atomic mass is 10.2. The molecular formula is C17H22N4O. The molecular weight excluding hydrogens is 276 g/mol. The summed E-state index contributed by atoms with van der Waals surface area (Å²) in [4.78, 5) is 20.2. The first-order valence-corrected chi connectivity index (χ1v) is 7.66. The quantitative estimate of drug-likeness (QED) is 0.735. The molecule has 0 bridgehead atoms. The molecule has 2 rings (SSSR count). The zero-order valence-corrected chi connectivity index (χ0v) is 12.9. The minimum absolute atomic E-state index is 0.0655. The van der Waals surface area contributed by atoms with Crippen LogP contribution in [-0.2, 0) is 6.54 Å². The van der Waals surface area contributed by atoms with Gasteiger partial charge >= 0.3 is 0 Å². The molecule has 2 heterocycles. The number of carbonyl (C=O) groups excluding carboxylic acids is 1. The lowest BCUT2D eigenvalue weighted by Crippen LogP contribution is -2.24. The molecule has 0 radical (unpaired) electrons. The van der Waals surface area contributed by atoms with E-state index in [-0.39, 0.29) is 5.91 Å². The van der Waals surface area contributed by atoms with Crippen LogP contribution < -0.4 is 10.6 Å². The Bertz CT molecular complexity index is 569. The molecule has 1 amide bonds. The number of amides is 1. The predicted octanol–water partition coefficient (Wildman–Crippen LogP) is 3.01. The number of nitrogens with zero attached hydrogens (tertiary/aromatic N) is 2. The maximum absolute atomic E-state index is 11.9. The Morgan fingerprint density at radius 1 is 1.14 bits per heavy atom. The monoisotopic (exact) mass is 298 g/mol. The fourth-order valence-electron chi connectivity index (χ4n) is 2.00. The van der Waals surface area contributed by atoms with E-state index < -0.39 is 0 Å². The molecule has 0 aliphatic rings. The molecule has 5 nitrogen and oxygen atoms in total. The van der Waals surface area contributed by atoms with Gasteiger partial charge < -0.3 is 10.6 Å². The van der Waals surface area contributed by atoms with E-state index in [0.717, 1.165) is 30.6 Å². The minimum atomic E-state index is -0.0655. The molecule has 0 saturated carbocycles. The number of anilines is 1. The van der Waals surface area contributed by atoms with Gasteiger partial charge in [0.15, 0.2) is 0 Å². The SMILES string of the molecule is CCCCCNC(=O)c1ccc(NCc2ccncc2)nc1. The van der Waals surface area contributed by atoms with Gasteiger partial charge in [0, 0.05) is 31.7 Å². The van der Waals surface area contributed by atoms with Crippen molar-refractivity contribution in [2.75, 3.05) is 11.9 Å². The third-order valence-corrected chi connectivity index (χ3v) is 3.31. The van der Waals surface area contributed by atoms with E-state index in [0.29, 0.717) is 18.7 Å². The van der Waals surface area contributed by atoms with Crippen molar-refractivity contribution < 1.29 is 4.79 Å². The highest BCUT2D eigenvalue weighted by Gasteiger charge is 2.05. The van der Waals surface area contributed by atoms with Gasteiger partial charge in [-0.2, -0.15) is 0 Å². The highest BCUT2D eigenvalue weighted by molar-refractivity contribution is 5.94. The second-order valence-corrected chi connectivity index (χ2v) is 5.10. The molecule has 0 aliphatic heterocycles. The Morgan fingerprint density at radius 2 is 1.95 bits per heavy atom. The van der Waals surface area contributed by atoms with E-state index in [9.17, 15) is 4.79 Å². The molecule has 0 aliphatic carbocycles. The van der Waals surface area contributed by atoms with Crippen molar-refractivity contribution in [2.45, 2.75) is 32.7 Å². The molecule has 2 aromatic rings. The summed E-state index contributed by atoms with van der Waals surface area (Å²) in [6.07, 6.45) is 8.42. The number of hydrogen-bond acceptors (Lipinski definition) is 4. The largest absolute Gasteiger partial charge is 0.366 e. The van der Waals surface area contributed by atoms with Crippen molar-refractivity contribution in [1.29, 1.82) is 0 Å². The van der Waals surface area contributed by atoms with Gasteiger partial charge in [0.2, 0.25) is 0 Å². The van der Waals surface area contributed by atoms with Crippen molar-refractivity contribution in [3.8, 4) is 0 Å². The average molecular weight is 298 g/mol. The summed E-state index contributed by atoms with van der Waals surface area (Å²) in [5, 5.41) is 6.12. The lowest BCUT2D eigenvalue weighted by molar-refractivity contribution is 0.0952. The second-order valence-electron chi connectivity index (χ2n) is 5.10. The van der Waals surface area contributed by atoms with Gasteiger partial charge in [0.25, 0.3) is 5.91 Å². The molecule has 0 unspecified atom stereocenters. The molecule has 0 spiro atoms. The number of hydrogen-bond donors (Lipinski definition) is 2. The number of aromatic nitrogens is 2. The van der Waals surface area contributed by atoms with E-state index >= 15 is 0 Å². The Balaban J connectivity index is 1.81. The van der Waals surface area contributed by atoms with Crippen LogP contribution in [-0.4, -0.2) is 22.4 Å². The maximum atomic E-state index is 11.9. The van der Waals surface area contributed by atoms with Gasteiger partial charge in [0.1, 0.15) is 5.82 Å². The third kappa shape index (κ3) is 5.16. The fourth-order valence-corrected chi connectivity index (χ4v) is 2.00. The van der Waals surface area contributed by atoms with Gasteiger partial charge in [0.05, 0.1) is 5.56 Å². The molecule has 5 heteroatoms. The average Bonchev–Trinajstić information content (AvgIpc) is 2.58.